The lowest BCUT2D eigenvalue weighted by atomic mass is 9.94. The number of allylic oxidation sites excluding steroid dienone is 1. The van der Waals surface area contributed by atoms with Crippen LogP contribution in [-0.4, -0.2) is 39.2 Å². The molecule has 130 valence electrons. The van der Waals surface area contributed by atoms with Crippen LogP contribution in [0.1, 0.15) is 25.5 Å². The van der Waals surface area contributed by atoms with Gasteiger partial charge in [0, 0.05) is 12.1 Å². The molecule has 25 heavy (non-hydrogen) atoms. The summed E-state index contributed by atoms with van der Waals surface area (Å²) in [6, 6.07) is 5.11. The average molecular weight is 361 g/mol. The first-order valence-corrected chi connectivity index (χ1v) is 8.58. The van der Waals surface area contributed by atoms with Crippen molar-refractivity contribution < 1.29 is 19.2 Å². The summed E-state index contributed by atoms with van der Waals surface area (Å²) in [5.41, 5.74) is 1.29. The molecule has 0 aromatic heterocycles. The minimum absolute atomic E-state index is 0.0611. The Hall–Kier alpha value is -2.68. The van der Waals surface area contributed by atoms with E-state index in [4.69, 9.17) is 4.74 Å². The topological polar surface area (TPSA) is 102 Å². The number of aliphatic imine (C=N–C) groups is 1. The summed E-state index contributed by atoms with van der Waals surface area (Å²) in [5.74, 6) is -0.469. The lowest BCUT2D eigenvalue weighted by Crippen LogP contribution is -2.39. The number of fused-ring (bicyclic) bond motifs is 1. The second-order valence-corrected chi connectivity index (χ2v) is 6.36. The molecule has 1 saturated heterocycles. The Balaban J connectivity index is 2.10. The van der Waals surface area contributed by atoms with Crippen LogP contribution in [0.5, 0.6) is 0 Å². The van der Waals surface area contributed by atoms with Crippen LogP contribution < -0.4 is 0 Å². The number of thioether (sulfide) groups is 1. The number of rotatable bonds is 4. The Bertz CT molecular complexity index is 816. The molecule has 1 fully saturated rings. The molecule has 0 saturated carbocycles. The van der Waals surface area contributed by atoms with Crippen LogP contribution >= 0.6 is 11.8 Å². The fraction of sp³-hybridized carbons (Fsp3) is 0.312. The summed E-state index contributed by atoms with van der Waals surface area (Å²) in [6.07, 6.45) is 0. The van der Waals surface area contributed by atoms with Crippen molar-refractivity contribution in [2.75, 3.05) is 12.4 Å². The number of benzene rings is 1. The summed E-state index contributed by atoms with van der Waals surface area (Å²) in [7, 11) is 0. The Morgan fingerprint density at radius 1 is 1.44 bits per heavy atom. The van der Waals surface area contributed by atoms with E-state index in [0.717, 1.165) is 0 Å². The van der Waals surface area contributed by atoms with Gasteiger partial charge in [0.25, 0.3) is 5.69 Å². The number of hydrogen-bond donors (Lipinski definition) is 0. The maximum Gasteiger partial charge on any atom is 0.338 e. The number of amides is 1. The fourth-order valence-corrected chi connectivity index (χ4v) is 3.74. The number of carbonyl (C=O) groups excluding carboxylic acids is 2. The number of amidine groups is 1. The van der Waals surface area contributed by atoms with Gasteiger partial charge < -0.3 is 4.74 Å². The normalized spacial score (nSPS) is 19.6. The molecule has 0 bridgehead atoms. The maximum atomic E-state index is 12.5. The van der Waals surface area contributed by atoms with Gasteiger partial charge in [-0.15, -0.1) is 0 Å². The van der Waals surface area contributed by atoms with Gasteiger partial charge in [-0.2, -0.15) is 0 Å². The zero-order valence-corrected chi connectivity index (χ0v) is 14.4. The third kappa shape index (κ3) is 3.02. The molecule has 2 aliphatic heterocycles. The number of nitrogens with zero attached hydrogens (tertiary/aromatic N) is 3. The quantitative estimate of drug-likeness (QED) is 0.464. The van der Waals surface area contributed by atoms with Crippen molar-refractivity contribution in [2.24, 2.45) is 4.99 Å². The summed E-state index contributed by atoms with van der Waals surface area (Å²) < 4.78 is 5.13. The molecule has 1 atom stereocenters. The maximum absolute atomic E-state index is 12.5. The highest BCUT2D eigenvalue weighted by Crippen LogP contribution is 2.41. The van der Waals surface area contributed by atoms with Crippen molar-refractivity contribution in [3.63, 3.8) is 0 Å². The van der Waals surface area contributed by atoms with Gasteiger partial charge in [-0.1, -0.05) is 11.8 Å². The zero-order chi connectivity index (χ0) is 18.1. The number of hydrogen-bond acceptors (Lipinski definition) is 7. The number of nitro benzene ring substituents is 1. The molecular formula is C16H15N3O5S. The van der Waals surface area contributed by atoms with Crippen molar-refractivity contribution in [1.82, 2.24) is 4.90 Å². The summed E-state index contributed by atoms with van der Waals surface area (Å²) in [5, 5.41) is 11.4. The molecule has 8 nitrogen and oxygen atoms in total. The van der Waals surface area contributed by atoms with Gasteiger partial charge in [-0.3, -0.25) is 19.8 Å². The van der Waals surface area contributed by atoms with Crippen molar-refractivity contribution in [3.05, 3.63) is 51.2 Å². The molecule has 2 aliphatic rings. The first-order chi connectivity index (χ1) is 11.9. The molecule has 0 aliphatic carbocycles. The predicted octanol–water partition coefficient (Wildman–Crippen LogP) is 2.42. The van der Waals surface area contributed by atoms with Crippen LogP contribution in [0, 0.1) is 10.1 Å². The van der Waals surface area contributed by atoms with E-state index in [2.05, 4.69) is 4.99 Å². The second-order valence-electron chi connectivity index (χ2n) is 5.42. The molecule has 1 aromatic rings. The number of esters is 1. The van der Waals surface area contributed by atoms with Crippen molar-refractivity contribution in [1.29, 1.82) is 0 Å². The van der Waals surface area contributed by atoms with Gasteiger partial charge in [0.05, 0.1) is 34.6 Å². The molecule has 0 unspecified atom stereocenters. The second kappa shape index (κ2) is 6.67. The van der Waals surface area contributed by atoms with E-state index >= 15 is 0 Å². The molecule has 1 amide bonds. The standard InChI is InChI=1S/C16H15N3O5S/c1-3-24-15(21)13-9(2)17-16-18(12(20)8-25-16)14(13)10-4-6-11(7-5-10)19(22)23/h4-7,14H,3,8H2,1-2H3/t14-/m0/s1. The first-order valence-electron chi connectivity index (χ1n) is 7.59. The third-order valence-corrected chi connectivity index (χ3v) is 4.84. The number of carbonyl (C=O) groups is 2. The lowest BCUT2D eigenvalue weighted by Gasteiger charge is -2.32. The van der Waals surface area contributed by atoms with E-state index in [1.54, 1.807) is 26.0 Å². The number of non-ortho nitro benzene ring substituents is 1. The summed E-state index contributed by atoms with van der Waals surface area (Å²) in [4.78, 5) is 41.0. The minimum atomic E-state index is -0.699. The SMILES string of the molecule is CCOC(=O)C1=C(C)N=C2SCC(=O)N2[C@H]1c1ccc([N+](=O)[O-])cc1. The Kier molecular flexibility index (Phi) is 4.58. The number of ether oxygens (including phenoxy) is 1. The highest BCUT2D eigenvalue weighted by molar-refractivity contribution is 8.15. The monoisotopic (exact) mass is 361 g/mol. The molecule has 1 aromatic carbocycles. The highest BCUT2D eigenvalue weighted by Gasteiger charge is 2.43. The van der Waals surface area contributed by atoms with Gasteiger partial charge in [0.2, 0.25) is 5.91 Å². The highest BCUT2D eigenvalue weighted by atomic mass is 32.2. The van der Waals surface area contributed by atoms with Gasteiger partial charge in [0.15, 0.2) is 5.17 Å². The summed E-state index contributed by atoms with van der Waals surface area (Å²) in [6.45, 7) is 3.59. The molecule has 0 radical (unpaired) electrons. The van der Waals surface area contributed by atoms with Crippen LogP contribution in [0.3, 0.4) is 0 Å². The minimum Gasteiger partial charge on any atom is -0.463 e. The van der Waals surface area contributed by atoms with E-state index in [9.17, 15) is 19.7 Å². The Morgan fingerprint density at radius 3 is 2.72 bits per heavy atom. The van der Waals surface area contributed by atoms with Gasteiger partial charge >= 0.3 is 5.97 Å². The average Bonchev–Trinajstić information content (AvgIpc) is 2.94. The molecular weight excluding hydrogens is 346 g/mol. The molecule has 0 N–H and O–H groups in total. The largest absolute Gasteiger partial charge is 0.463 e. The molecule has 0 spiro atoms. The Labute approximate surface area is 147 Å². The van der Waals surface area contributed by atoms with Gasteiger partial charge in [-0.05, 0) is 31.5 Å². The zero-order valence-electron chi connectivity index (χ0n) is 13.6. The van der Waals surface area contributed by atoms with Crippen LogP contribution in [0.15, 0.2) is 40.5 Å². The van der Waals surface area contributed by atoms with E-state index in [-0.39, 0.29) is 29.5 Å². The molecule has 2 heterocycles. The fourth-order valence-electron chi connectivity index (χ4n) is 2.81. The molecule has 3 rings (SSSR count). The Morgan fingerprint density at radius 2 is 2.12 bits per heavy atom. The van der Waals surface area contributed by atoms with Crippen molar-refractivity contribution in [3.8, 4) is 0 Å². The predicted molar refractivity (Wildman–Crippen MR) is 91.9 cm³/mol. The van der Waals surface area contributed by atoms with E-state index in [1.807, 2.05) is 0 Å². The van der Waals surface area contributed by atoms with E-state index in [1.165, 1.54) is 28.8 Å². The van der Waals surface area contributed by atoms with Gasteiger partial charge in [0.1, 0.15) is 0 Å². The van der Waals surface area contributed by atoms with E-state index < -0.39 is 16.9 Å². The molecule has 9 heteroatoms. The van der Waals surface area contributed by atoms with E-state index in [0.29, 0.717) is 16.4 Å². The van der Waals surface area contributed by atoms with Crippen LogP contribution in [0.4, 0.5) is 5.69 Å². The number of nitro groups is 1. The van der Waals surface area contributed by atoms with Crippen LogP contribution in [-0.2, 0) is 14.3 Å². The van der Waals surface area contributed by atoms with Crippen LogP contribution in [0.25, 0.3) is 0 Å². The summed E-state index contributed by atoms with van der Waals surface area (Å²) >= 11 is 1.30. The smallest absolute Gasteiger partial charge is 0.338 e. The lowest BCUT2D eigenvalue weighted by molar-refractivity contribution is -0.384. The first kappa shape index (κ1) is 17.2. The van der Waals surface area contributed by atoms with Gasteiger partial charge in [-0.25, -0.2) is 9.79 Å². The van der Waals surface area contributed by atoms with Crippen molar-refractivity contribution >= 4 is 34.5 Å². The van der Waals surface area contributed by atoms with Crippen molar-refractivity contribution in [2.45, 2.75) is 19.9 Å². The van der Waals surface area contributed by atoms with Crippen LogP contribution in [0.2, 0.25) is 0 Å². The third-order valence-electron chi connectivity index (χ3n) is 3.90.